The third-order valence-electron chi connectivity index (χ3n) is 2.97. The second-order valence-corrected chi connectivity index (χ2v) is 6.27. The Kier molecular flexibility index (Phi) is 3.18. The van der Waals surface area contributed by atoms with Gasteiger partial charge < -0.3 is 4.90 Å². The molecule has 0 saturated carbocycles. The molecule has 0 saturated heterocycles. The average molecular weight is 278 g/mol. The topological polar surface area (TPSA) is 34.0 Å². The number of hydrogen-bond acceptors (Lipinski definition) is 4. The molecule has 0 aliphatic carbocycles. The van der Waals surface area contributed by atoms with Gasteiger partial charge in [-0.1, -0.05) is 25.6 Å². The van der Waals surface area contributed by atoms with Crippen molar-refractivity contribution in [3.8, 4) is 0 Å². The van der Waals surface area contributed by atoms with Gasteiger partial charge in [0.2, 0.25) is 5.95 Å². The summed E-state index contributed by atoms with van der Waals surface area (Å²) >= 11 is 1.71. The molecular weight excluding hydrogens is 263 g/mol. The van der Waals surface area contributed by atoms with Crippen LogP contribution in [0.2, 0.25) is 0 Å². The third kappa shape index (κ3) is 2.32. The van der Waals surface area contributed by atoms with Gasteiger partial charge in [-0.15, -0.1) is 10.2 Å². The highest BCUT2D eigenvalue weighted by molar-refractivity contribution is 7.99. The van der Waals surface area contributed by atoms with Crippen LogP contribution in [0.5, 0.6) is 0 Å². The number of fused-ring (bicyclic) bond motifs is 1. The first-order valence-corrected chi connectivity index (χ1v) is 7.16. The lowest BCUT2D eigenvalue weighted by atomic mass is 10.3. The molecule has 1 aromatic carbocycles. The molecule has 0 spiro atoms. The fourth-order valence-corrected chi connectivity index (χ4v) is 2.95. The summed E-state index contributed by atoms with van der Waals surface area (Å²) in [4.78, 5) is 2.07. The van der Waals surface area contributed by atoms with Crippen molar-refractivity contribution in [2.24, 2.45) is 0 Å². The quantitative estimate of drug-likeness (QED) is 0.808. The Balaban J connectivity index is 1.90. The SMILES string of the molecule is CC(C)Sc1nnc2n1CCN2c1ccc(F)cc1. The molecule has 3 rings (SSSR count). The van der Waals surface area contributed by atoms with Crippen molar-refractivity contribution < 1.29 is 4.39 Å². The van der Waals surface area contributed by atoms with Crippen molar-refractivity contribution in [1.82, 2.24) is 14.8 Å². The van der Waals surface area contributed by atoms with Gasteiger partial charge in [-0.05, 0) is 24.3 Å². The van der Waals surface area contributed by atoms with Crippen LogP contribution in [0.3, 0.4) is 0 Å². The van der Waals surface area contributed by atoms with Crippen LogP contribution in [-0.2, 0) is 6.54 Å². The highest BCUT2D eigenvalue weighted by atomic mass is 32.2. The van der Waals surface area contributed by atoms with E-state index in [0.29, 0.717) is 5.25 Å². The molecule has 0 radical (unpaired) electrons. The van der Waals surface area contributed by atoms with Crippen molar-refractivity contribution >= 4 is 23.4 Å². The minimum atomic E-state index is -0.222. The van der Waals surface area contributed by atoms with Gasteiger partial charge in [-0.2, -0.15) is 0 Å². The normalized spacial score (nSPS) is 14.2. The number of anilines is 2. The summed E-state index contributed by atoms with van der Waals surface area (Å²) in [5.74, 6) is 0.621. The van der Waals surface area contributed by atoms with Crippen LogP contribution in [0, 0.1) is 5.82 Å². The summed E-state index contributed by atoms with van der Waals surface area (Å²) < 4.78 is 15.1. The zero-order chi connectivity index (χ0) is 13.4. The summed E-state index contributed by atoms with van der Waals surface area (Å²) in [7, 11) is 0. The molecule has 0 bridgehead atoms. The molecule has 1 aromatic heterocycles. The van der Waals surface area contributed by atoms with E-state index >= 15 is 0 Å². The van der Waals surface area contributed by atoms with E-state index < -0.39 is 0 Å². The Labute approximate surface area is 115 Å². The van der Waals surface area contributed by atoms with Crippen LogP contribution in [0.4, 0.5) is 16.0 Å². The van der Waals surface area contributed by atoms with Crippen molar-refractivity contribution in [2.75, 3.05) is 11.4 Å². The maximum atomic E-state index is 13.0. The molecule has 1 aliphatic heterocycles. The predicted molar refractivity (Wildman–Crippen MR) is 74.4 cm³/mol. The summed E-state index contributed by atoms with van der Waals surface area (Å²) in [6, 6.07) is 6.49. The van der Waals surface area contributed by atoms with Gasteiger partial charge in [0.25, 0.3) is 0 Å². The highest BCUT2D eigenvalue weighted by Gasteiger charge is 2.26. The Morgan fingerprint density at radius 1 is 1.16 bits per heavy atom. The molecular formula is C13H15FN4S. The summed E-state index contributed by atoms with van der Waals surface area (Å²) in [5.41, 5.74) is 0.952. The molecule has 2 aromatic rings. The first kappa shape index (κ1) is 12.5. The number of rotatable bonds is 3. The summed E-state index contributed by atoms with van der Waals surface area (Å²) in [5, 5.41) is 9.92. The molecule has 19 heavy (non-hydrogen) atoms. The van der Waals surface area contributed by atoms with Gasteiger partial charge in [0.05, 0.1) is 0 Å². The molecule has 6 heteroatoms. The van der Waals surface area contributed by atoms with E-state index in [1.807, 2.05) is 0 Å². The molecule has 0 unspecified atom stereocenters. The van der Waals surface area contributed by atoms with E-state index in [0.717, 1.165) is 29.9 Å². The number of nitrogens with zero attached hydrogens (tertiary/aromatic N) is 4. The lowest BCUT2D eigenvalue weighted by Crippen LogP contribution is -2.14. The summed E-state index contributed by atoms with van der Waals surface area (Å²) in [6.07, 6.45) is 0. The second kappa shape index (κ2) is 4.85. The van der Waals surface area contributed by atoms with Crippen LogP contribution in [0.25, 0.3) is 0 Å². The first-order chi connectivity index (χ1) is 9.15. The zero-order valence-electron chi connectivity index (χ0n) is 10.9. The molecule has 0 N–H and O–H groups in total. The van der Waals surface area contributed by atoms with Crippen molar-refractivity contribution in [1.29, 1.82) is 0 Å². The Morgan fingerprint density at radius 3 is 2.58 bits per heavy atom. The smallest absolute Gasteiger partial charge is 0.232 e. The first-order valence-electron chi connectivity index (χ1n) is 6.28. The molecule has 2 heterocycles. The van der Waals surface area contributed by atoms with Crippen LogP contribution in [0.1, 0.15) is 13.8 Å². The maximum Gasteiger partial charge on any atom is 0.232 e. The van der Waals surface area contributed by atoms with E-state index in [4.69, 9.17) is 0 Å². The van der Waals surface area contributed by atoms with E-state index in [1.54, 1.807) is 23.9 Å². The Morgan fingerprint density at radius 2 is 1.89 bits per heavy atom. The van der Waals surface area contributed by atoms with Crippen LogP contribution in [0.15, 0.2) is 29.4 Å². The number of aromatic nitrogens is 3. The predicted octanol–water partition coefficient (Wildman–Crippen LogP) is 3.07. The zero-order valence-corrected chi connectivity index (χ0v) is 11.7. The molecule has 1 aliphatic rings. The van der Waals surface area contributed by atoms with Gasteiger partial charge in [0, 0.05) is 24.0 Å². The second-order valence-electron chi connectivity index (χ2n) is 4.73. The molecule has 0 atom stereocenters. The Bertz CT molecular complexity index is 579. The van der Waals surface area contributed by atoms with E-state index in [-0.39, 0.29) is 5.82 Å². The molecule has 4 nitrogen and oxygen atoms in total. The Hall–Kier alpha value is -1.56. The molecule has 0 amide bonds. The molecule has 0 fully saturated rings. The largest absolute Gasteiger partial charge is 0.309 e. The van der Waals surface area contributed by atoms with Gasteiger partial charge in [-0.25, -0.2) is 4.39 Å². The van der Waals surface area contributed by atoms with Gasteiger partial charge in [-0.3, -0.25) is 4.57 Å². The standard InChI is InChI=1S/C13H15FN4S/c1-9(2)19-13-16-15-12-17(7-8-18(12)13)11-5-3-10(14)4-6-11/h3-6,9H,7-8H2,1-2H3. The number of thioether (sulfide) groups is 1. The lowest BCUT2D eigenvalue weighted by Gasteiger charge is -2.14. The van der Waals surface area contributed by atoms with E-state index in [9.17, 15) is 4.39 Å². The van der Waals surface area contributed by atoms with Crippen LogP contribution < -0.4 is 4.90 Å². The monoisotopic (exact) mass is 278 g/mol. The lowest BCUT2D eigenvalue weighted by molar-refractivity contribution is 0.627. The average Bonchev–Trinajstić information content (AvgIpc) is 2.93. The van der Waals surface area contributed by atoms with Crippen LogP contribution >= 0.6 is 11.8 Å². The highest BCUT2D eigenvalue weighted by Crippen LogP contribution is 2.33. The van der Waals surface area contributed by atoms with E-state index in [1.165, 1.54) is 12.1 Å². The minimum Gasteiger partial charge on any atom is -0.309 e. The van der Waals surface area contributed by atoms with Crippen LogP contribution in [-0.4, -0.2) is 26.6 Å². The number of benzene rings is 1. The maximum absolute atomic E-state index is 13.0. The minimum absolute atomic E-state index is 0.222. The fourth-order valence-electron chi connectivity index (χ4n) is 2.14. The van der Waals surface area contributed by atoms with Crippen molar-refractivity contribution in [2.45, 2.75) is 30.8 Å². The van der Waals surface area contributed by atoms with Gasteiger partial charge in [0.1, 0.15) is 5.82 Å². The van der Waals surface area contributed by atoms with Gasteiger partial charge >= 0.3 is 0 Å². The van der Waals surface area contributed by atoms with Crippen molar-refractivity contribution in [3.05, 3.63) is 30.1 Å². The third-order valence-corrected chi connectivity index (χ3v) is 3.95. The molecule has 100 valence electrons. The van der Waals surface area contributed by atoms with Gasteiger partial charge in [0.15, 0.2) is 5.16 Å². The van der Waals surface area contributed by atoms with E-state index in [2.05, 4.69) is 33.5 Å². The fraction of sp³-hybridized carbons (Fsp3) is 0.385. The summed E-state index contributed by atoms with van der Waals surface area (Å²) in [6.45, 7) is 5.99. The van der Waals surface area contributed by atoms with Crippen molar-refractivity contribution in [3.63, 3.8) is 0 Å². The number of halogens is 1. The number of hydrogen-bond donors (Lipinski definition) is 0.